The average molecular weight is 403 g/mol. The zero-order chi connectivity index (χ0) is 20.4. The minimum Gasteiger partial charge on any atom is -0.490 e. The van der Waals surface area contributed by atoms with Crippen LogP contribution in [0.15, 0.2) is 12.1 Å². The van der Waals surface area contributed by atoms with Crippen molar-refractivity contribution in [2.75, 3.05) is 26.2 Å². The highest BCUT2D eigenvalue weighted by Gasteiger charge is 2.44. The maximum absolute atomic E-state index is 13.3. The molecule has 5 nitrogen and oxygen atoms in total. The second-order valence-corrected chi connectivity index (χ2v) is 8.25. The van der Waals surface area contributed by atoms with Gasteiger partial charge in [0.15, 0.2) is 17.5 Å². The summed E-state index contributed by atoms with van der Waals surface area (Å²) >= 11 is 0. The SMILES string of the molecule is O[C@H]1CCN(CC2(O)CCCCCC2)C[C@]1(O)COc1cc(F)c(F)c(F)c1. The van der Waals surface area contributed by atoms with Crippen LogP contribution in [0.25, 0.3) is 0 Å². The molecule has 0 aromatic heterocycles. The van der Waals surface area contributed by atoms with Crippen molar-refractivity contribution in [1.82, 2.24) is 4.90 Å². The monoisotopic (exact) mass is 403 g/mol. The van der Waals surface area contributed by atoms with E-state index in [1.165, 1.54) is 0 Å². The zero-order valence-electron chi connectivity index (χ0n) is 15.8. The number of halogens is 3. The molecular weight excluding hydrogens is 375 g/mol. The number of rotatable bonds is 5. The summed E-state index contributed by atoms with van der Waals surface area (Å²) in [6.45, 7) is 0.559. The first-order chi connectivity index (χ1) is 13.2. The number of aliphatic hydroxyl groups is 3. The third-order valence-corrected chi connectivity index (χ3v) is 5.83. The Bertz CT molecular complexity index is 658. The molecule has 1 saturated heterocycles. The minimum absolute atomic E-state index is 0.0582. The molecular formula is C20H28F3NO4. The van der Waals surface area contributed by atoms with Gasteiger partial charge in [-0.2, -0.15) is 0 Å². The molecule has 28 heavy (non-hydrogen) atoms. The quantitative estimate of drug-likeness (QED) is 0.520. The van der Waals surface area contributed by atoms with Gasteiger partial charge in [0.2, 0.25) is 0 Å². The third kappa shape index (κ3) is 4.97. The molecule has 0 bridgehead atoms. The Labute approximate surface area is 162 Å². The van der Waals surface area contributed by atoms with Crippen LogP contribution in [0.5, 0.6) is 5.75 Å². The normalized spacial score (nSPS) is 28.7. The van der Waals surface area contributed by atoms with Gasteiger partial charge in [-0.25, -0.2) is 13.2 Å². The van der Waals surface area contributed by atoms with Crippen molar-refractivity contribution in [2.45, 2.75) is 62.3 Å². The van der Waals surface area contributed by atoms with Crippen LogP contribution < -0.4 is 4.74 Å². The number of hydrogen-bond donors (Lipinski definition) is 3. The largest absolute Gasteiger partial charge is 0.490 e. The maximum Gasteiger partial charge on any atom is 0.194 e. The van der Waals surface area contributed by atoms with Crippen molar-refractivity contribution in [3.05, 3.63) is 29.6 Å². The van der Waals surface area contributed by atoms with Crippen molar-refractivity contribution >= 4 is 0 Å². The number of β-amino-alcohol motifs (C(OH)–C–C–N with tert-alkyl or cyclic N) is 2. The van der Waals surface area contributed by atoms with Crippen LogP contribution >= 0.6 is 0 Å². The lowest BCUT2D eigenvalue weighted by Gasteiger charge is -2.44. The molecule has 1 aliphatic heterocycles. The second-order valence-electron chi connectivity index (χ2n) is 8.25. The molecule has 2 aliphatic rings. The summed E-state index contributed by atoms with van der Waals surface area (Å²) in [5.74, 6) is -4.63. The molecule has 0 radical (unpaired) electrons. The molecule has 0 spiro atoms. The highest BCUT2D eigenvalue weighted by atomic mass is 19.2. The van der Waals surface area contributed by atoms with E-state index in [-0.39, 0.29) is 18.7 Å². The fraction of sp³-hybridized carbons (Fsp3) is 0.700. The molecule has 1 aromatic carbocycles. The molecule has 1 saturated carbocycles. The standard InChI is InChI=1S/C20H28F3NO4/c21-15-9-14(10-16(22)18(15)23)28-13-20(27)12-24(8-5-17(20)25)11-19(26)6-3-1-2-4-7-19/h9-10,17,25-27H,1-8,11-13H2/t17-,20-/m0/s1. The number of ether oxygens (including phenoxy) is 1. The number of piperidine rings is 1. The average Bonchev–Trinajstić information content (AvgIpc) is 2.85. The Kier molecular flexibility index (Phi) is 6.54. The van der Waals surface area contributed by atoms with E-state index in [1.54, 1.807) is 0 Å². The van der Waals surface area contributed by atoms with E-state index < -0.39 is 41.4 Å². The van der Waals surface area contributed by atoms with Gasteiger partial charge >= 0.3 is 0 Å². The van der Waals surface area contributed by atoms with Gasteiger partial charge in [0.25, 0.3) is 0 Å². The molecule has 2 atom stereocenters. The molecule has 1 aromatic rings. The van der Waals surface area contributed by atoms with Crippen LogP contribution in [-0.4, -0.2) is 63.8 Å². The van der Waals surface area contributed by atoms with Crippen molar-refractivity contribution < 1.29 is 33.2 Å². The van der Waals surface area contributed by atoms with Gasteiger partial charge in [0, 0.05) is 31.8 Å². The van der Waals surface area contributed by atoms with Crippen molar-refractivity contribution in [3.8, 4) is 5.75 Å². The molecule has 0 unspecified atom stereocenters. The van der Waals surface area contributed by atoms with E-state index in [0.29, 0.717) is 38.1 Å². The van der Waals surface area contributed by atoms with Crippen LogP contribution in [0.3, 0.4) is 0 Å². The van der Waals surface area contributed by atoms with E-state index in [4.69, 9.17) is 4.74 Å². The van der Waals surface area contributed by atoms with Crippen LogP contribution in [0.2, 0.25) is 0 Å². The predicted octanol–water partition coefficient (Wildman–Crippen LogP) is 2.37. The van der Waals surface area contributed by atoms with Gasteiger partial charge in [0.05, 0.1) is 11.7 Å². The molecule has 158 valence electrons. The summed E-state index contributed by atoms with van der Waals surface area (Å²) in [5, 5.41) is 32.0. The number of likely N-dealkylation sites (tertiary alicyclic amines) is 1. The zero-order valence-corrected chi connectivity index (χ0v) is 15.8. The summed E-state index contributed by atoms with van der Waals surface area (Å²) in [7, 11) is 0. The topological polar surface area (TPSA) is 73.2 Å². The fourth-order valence-electron chi connectivity index (χ4n) is 4.21. The first-order valence-corrected chi connectivity index (χ1v) is 9.83. The van der Waals surface area contributed by atoms with Crippen LogP contribution in [0.4, 0.5) is 13.2 Å². The summed E-state index contributed by atoms with van der Waals surface area (Å²) in [6, 6.07) is 1.39. The Morgan fingerprint density at radius 2 is 1.64 bits per heavy atom. The van der Waals surface area contributed by atoms with E-state index in [1.807, 2.05) is 4.90 Å². The van der Waals surface area contributed by atoms with Gasteiger partial charge in [0.1, 0.15) is 18.0 Å². The van der Waals surface area contributed by atoms with Crippen LogP contribution in [0, 0.1) is 17.5 Å². The number of benzene rings is 1. The van der Waals surface area contributed by atoms with Crippen molar-refractivity contribution in [1.29, 1.82) is 0 Å². The maximum atomic E-state index is 13.3. The Hall–Kier alpha value is -1.35. The Balaban J connectivity index is 1.64. The van der Waals surface area contributed by atoms with Gasteiger partial charge in [-0.1, -0.05) is 25.7 Å². The highest BCUT2D eigenvalue weighted by molar-refractivity contribution is 5.25. The van der Waals surface area contributed by atoms with Gasteiger partial charge in [-0.15, -0.1) is 0 Å². The van der Waals surface area contributed by atoms with Crippen molar-refractivity contribution in [2.24, 2.45) is 0 Å². The Morgan fingerprint density at radius 1 is 1.04 bits per heavy atom. The summed E-state index contributed by atoms with van der Waals surface area (Å²) in [4.78, 5) is 1.90. The molecule has 3 N–H and O–H groups in total. The molecule has 0 amide bonds. The molecule has 1 aliphatic carbocycles. The third-order valence-electron chi connectivity index (χ3n) is 5.83. The number of hydrogen-bond acceptors (Lipinski definition) is 5. The minimum atomic E-state index is -1.67. The first-order valence-electron chi connectivity index (χ1n) is 9.83. The first kappa shape index (κ1) is 21.4. The van der Waals surface area contributed by atoms with Crippen LogP contribution in [-0.2, 0) is 0 Å². The van der Waals surface area contributed by atoms with Gasteiger partial charge in [-0.3, -0.25) is 4.90 Å². The summed E-state index contributed by atoms with van der Waals surface area (Å²) in [6.07, 6.45) is 4.73. The lowest BCUT2D eigenvalue weighted by Crippen LogP contribution is -2.61. The predicted molar refractivity (Wildman–Crippen MR) is 96.5 cm³/mol. The van der Waals surface area contributed by atoms with Crippen LogP contribution in [0.1, 0.15) is 44.9 Å². The lowest BCUT2D eigenvalue weighted by atomic mass is 9.87. The van der Waals surface area contributed by atoms with E-state index >= 15 is 0 Å². The number of nitrogens with zero attached hydrogens (tertiary/aromatic N) is 1. The fourth-order valence-corrected chi connectivity index (χ4v) is 4.21. The smallest absolute Gasteiger partial charge is 0.194 e. The summed E-state index contributed by atoms with van der Waals surface area (Å²) < 4.78 is 45.0. The van der Waals surface area contributed by atoms with Gasteiger partial charge in [-0.05, 0) is 19.3 Å². The van der Waals surface area contributed by atoms with Crippen molar-refractivity contribution in [3.63, 3.8) is 0 Å². The highest BCUT2D eigenvalue weighted by Crippen LogP contribution is 2.31. The van der Waals surface area contributed by atoms with E-state index in [2.05, 4.69) is 0 Å². The number of aliphatic hydroxyl groups excluding tert-OH is 1. The molecule has 8 heteroatoms. The summed E-state index contributed by atoms with van der Waals surface area (Å²) in [5.41, 5.74) is -2.48. The Morgan fingerprint density at radius 3 is 2.25 bits per heavy atom. The van der Waals surface area contributed by atoms with Gasteiger partial charge < -0.3 is 20.1 Å². The molecule has 2 fully saturated rings. The lowest BCUT2D eigenvalue weighted by molar-refractivity contribution is -0.148. The van der Waals surface area contributed by atoms with E-state index in [9.17, 15) is 28.5 Å². The second kappa shape index (κ2) is 8.57. The molecule has 3 rings (SSSR count). The molecule has 1 heterocycles. The van der Waals surface area contributed by atoms with E-state index in [0.717, 1.165) is 25.7 Å².